The number of aryl methyl sites for hydroxylation is 1. The van der Waals surface area contributed by atoms with Crippen molar-refractivity contribution in [3.63, 3.8) is 0 Å². The van der Waals surface area contributed by atoms with Gasteiger partial charge in [-0.3, -0.25) is 4.79 Å². The molecule has 0 unspecified atom stereocenters. The van der Waals surface area contributed by atoms with Gasteiger partial charge < -0.3 is 10.1 Å². The van der Waals surface area contributed by atoms with Gasteiger partial charge >= 0.3 is 0 Å². The third kappa shape index (κ3) is 3.72. The Morgan fingerprint density at radius 3 is 2.56 bits per heavy atom. The smallest absolute Gasteiger partial charge is 0.227 e. The second-order valence-electron chi connectivity index (χ2n) is 4.51. The summed E-state index contributed by atoms with van der Waals surface area (Å²) in [5.41, 5.74) is 2.04. The molecule has 98 valence electrons. The molecule has 0 radical (unpaired) electrons. The molecular weight excluding hydrogens is 250 g/mol. The maximum absolute atomic E-state index is 12.0. The van der Waals surface area contributed by atoms with E-state index in [1.54, 1.807) is 0 Å². The van der Waals surface area contributed by atoms with E-state index < -0.39 is 0 Å². The molecule has 2 rings (SSSR count). The summed E-state index contributed by atoms with van der Waals surface area (Å²) in [5, 5.41) is 2.95. The number of benzene rings is 1. The van der Waals surface area contributed by atoms with Gasteiger partial charge in [0, 0.05) is 30.7 Å². The summed E-state index contributed by atoms with van der Waals surface area (Å²) in [7, 11) is 0. The van der Waals surface area contributed by atoms with Crippen molar-refractivity contribution >= 4 is 23.2 Å². The van der Waals surface area contributed by atoms with Gasteiger partial charge in [0.25, 0.3) is 0 Å². The molecule has 1 heterocycles. The standard InChI is InChI=1S/C14H18ClNO2/c15-8-5-11-1-3-13(4-2-11)16-14(17)12-6-9-18-10-7-12/h1-4,12H,5-10H2,(H,16,17). The van der Waals surface area contributed by atoms with Crippen LogP contribution in [0.4, 0.5) is 5.69 Å². The number of ether oxygens (including phenoxy) is 1. The Balaban J connectivity index is 1.89. The zero-order chi connectivity index (χ0) is 12.8. The molecule has 0 aliphatic carbocycles. The van der Waals surface area contributed by atoms with Gasteiger partial charge in [0.1, 0.15) is 0 Å². The van der Waals surface area contributed by atoms with Crippen molar-refractivity contribution in [1.29, 1.82) is 0 Å². The van der Waals surface area contributed by atoms with Crippen LogP contribution in [-0.4, -0.2) is 25.0 Å². The van der Waals surface area contributed by atoms with Crippen molar-refractivity contribution in [2.75, 3.05) is 24.4 Å². The van der Waals surface area contributed by atoms with Crippen molar-refractivity contribution in [3.8, 4) is 0 Å². The number of nitrogens with one attached hydrogen (secondary N) is 1. The molecule has 1 aromatic rings. The summed E-state index contributed by atoms with van der Waals surface area (Å²) in [5.74, 6) is 0.804. The van der Waals surface area contributed by atoms with Crippen LogP contribution in [0.2, 0.25) is 0 Å². The van der Waals surface area contributed by atoms with E-state index in [1.807, 2.05) is 24.3 Å². The van der Waals surface area contributed by atoms with E-state index in [0.29, 0.717) is 19.1 Å². The van der Waals surface area contributed by atoms with Gasteiger partial charge in [-0.15, -0.1) is 11.6 Å². The fraction of sp³-hybridized carbons (Fsp3) is 0.500. The lowest BCUT2D eigenvalue weighted by molar-refractivity contribution is -0.122. The number of carbonyl (C=O) groups is 1. The normalized spacial score (nSPS) is 16.5. The fourth-order valence-electron chi connectivity index (χ4n) is 2.07. The molecule has 4 heteroatoms. The summed E-state index contributed by atoms with van der Waals surface area (Å²) in [6.07, 6.45) is 2.49. The van der Waals surface area contributed by atoms with E-state index in [9.17, 15) is 4.79 Å². The van der Waals surface area contributed by atoms with Crippen molar-refractivity contribution in [1.82, 2.24) is 0 Å². The molecule has 1 fully saturated rings. The van der Waals surface area contributed by atoms with Crippen LogP contribution in [0.5, 0.6) is 0 Å². The molecule has 0 atom stereocenters. The molecule has 1 aromatic carbocycles. The Bertz CT molecular complexity index is 385. The highest BCUT2D eigenvalue weighted by molar-refractivity contribution is 6.17. The number of anilines is 1. The molecule has 1 saturated heterocycles. The van der Waals surface area contributed by atoms with Gasteiger partial charge in [-0.25, -0.2) is 0 Å². The van der Waals surface area contributed by atoms with Crippen LogP contribution in [0.3, 0.4) is 0 Å². The minimum Gasteiger partial charge on any atom is -0.381 e. The summed E-state index contributed by atoms with van der Waals surface area (Å²) >= 11 is 5.68. The quantitative estimate of drug-likeness (QED) is 0.852. The molecule has 1 aliphatic heterocycles. The molecule has 18 heavy (non-hydrogen) atoms. The Morgan fingerprint density at radius 1 is 1.28 bits per heavy atom. The SMILES string of the molecule is O=C(Nc1ccc(CCCl)cc1)C1CCOCC1. The Hall–Kier alpha value is -1.06. The first-order valence-electron chi connectivity index (χ1n) is 6.33. The number of alkyl halides is 1. The Kier molecular flexibility index (Phi) is 5.02. The van der Waals surface area contributed by atoms with Gasteiger partial charge in [-0.1, -0.05) is 12.1 Å². The third-order valence-corrected chi connectivity index (χ3v) is 3.39. The average Bonchev–Trinajstić information content (AvgIpc) is 2.42. The number of hydrogen-bond donors (Lipinski definition) is 1. The van der Waals surface area contributed by atoms with Crippen LogP contribution in [0, 0.1) is 5.92 Å². The predicted octanol–water partition coefficient (Wildman–Crippen LogP) is 2.83. The largest absolute Gasteiger partial charge is 0.381 e. The second-order valence-corrected chi connectivity index (χ2v) is 4.89. The van der Waals surface area contributed by atoms with Crippen LogP contribution in [0.25, 0.3) is 0 Å². The maximum atomic E-state index is 12.0. The molecule has 0 spiro atoms. The fourth-order valence-corrected chi connectivity index (χ4v) is 2.29. The van der Waals surface area contributed by atoms with E-state index in [4.69, 9.17) is 16.3 Å². The molecule has 0 saturated carbocycles. The topological polar surface area (TPSA) is 38.3 Å². The predicted molar refractivity (Wildman–Crippen MR) is 73.0 cm³/mol. The summed E-state index contributed by atoms with van der Waals surface area (Å²) in [4.78, 5) is 12.0. The van der Waals surface area contributed by atoms with Gasteiger partial charge in [-0.05, 0) is 37.0 Å². The first-order chi connectivity index (χ1) is 8.79. The highest BCUT2D eigenvalue weighted by Gasteiger charge is 2.21. The summed E-state index contributed by atoms with van der Waals surface area (Å²) in [6.45, 7) is 1.37. The first kappa shape index (κ1) is 13.4. The van der Waals surface area contributed by atoms with Crippen LogP contribution in [0.15, 0.2) is 24.3 Å². The molecule has 1 amide bonds. The Morgan fingerprint density at radius 2 is 1.94 bits per heavy atom. The zero-order valence-electron chi connectivity index (χ0n) is 10.3. The lowest BCUT2D eigenvalue weighted by Crippen LogP contribution is -2.28. The minimum absolute atomic E-state index is 0.0845. The van der Waals surface area contributed by atoms with Gasteiger partial charge in [0.05, 0.1) is 0 Å². The summed E-state index contributed by atoms with van der Waals surface area (Å²) < 4.78 is 5.25. The van der Waals surface area contributed by atoms with Crippen molar-refractivity contribution in [2.45, 2.75) is 19.3 Å². The second kappa shape index (κ2) is 6.76. The minimum atomic E-state index is 0.0845. The number of halogens is 1. The maximum Gasteiger partial charge on any atom is 0.227 e. The van der Waals surface area contributed by atoms with Gasteiger partial charge in [0.2, 0.25) is 5.91 Å². The molecule has 1 aliphatic rings. The van der Waals surface area contributed by atoms with Crippen LogP contribution < -0.4 is 5.32 Å². The first-order valence-corrected chi connectivity index (χ1v) is 6.86. The van der Waals surface area contributed by atoms with Crippen molar-refractivity contribution in [2.24, 2.45) is 5.92 Å². The van der Waals surface area contributed by atoms with Crippen LogP contribution >= 0.6 is 11.6 Å². The number of carbonyl (C=O) groups excluding carboxylic acids is 1. The lowest BCUT2D eigenvalue weighted by atomic mass is 9.99. The molecular formula is C14H18ClNO2. The number of rotatable bonds is 4. The van der Waals surface area contributed by atoms with Crippen molar-refractivity contribution in [3.05, 3.63) is 29.8 Å². The number of hydrogen-bond acceptors (Lipinski definition) is 2. The van der Waals surface area contributed by atoms with Crippen molar-refractivity contribution < 1.29 is 9.53 Å². The molecule has 1 N–H and O–H groups in total. The van der Waals surface area contributed by atoms with Crippen LogP contribution in [-0.2, 0) is 16.0 Å². The molecule has 0 bridgehead atoms. The monoisotopic (exact) mass is 267 g/mol. The van der Waals surface area contributed by atoms with Crippen LogP contribution in [0.1, 0.15) is 18.4 Å². The number of amides is 1. The van der Waals surface area contributed by atoms with E-state index >= 15 is 0 Å². The zero-order valence-corrected chi connectivity index (χ0v) is 11.1. The van der Waals surface area contributed by atoms with E-state index in [2.05, 4.69) is 5.32 Å². The van der Waals surface area contributed by atoms with Gasteiger partial charge in [0.15, 0.2) is 0 Å². The highest BCUT2D eigenvalue weighted by Crippen LogP contribution is 2.18. The molecule has 3 nitrogen and oxygen atoms in total. The average molecular weight is 268 g/mol. The van der Waals surface area contributed by atoms with E-state index in [-0.39, 0.29) is 11.8 Å². The third-order valence-electron chi connectivity index (χ3n) is 3.20. The molecule has 0 aromatic heterocycles. The van der Waals surface area contributed by atoms with Gasteiger partial charge in [-0.2, -0.15) is 0 Å². The van der Waals surface area contributed by atoms with E-state index in [0.717, 1.165) is 24.9 Å². The lowest BCUT2D eigenvalue weighted by Gasteiger charge is -2.21. The highest BCUT2D eigenvalue weighted by atomic mass is 35.5. The Labute approximate surface area is 112 Å². The summed E-state index contributed by atoms with van der Waals surface area (Å²) in [6, 6.07) is 7.86. The van der Waals surface area contributed by atoms with E-state index in [1.165, 1.54) is 5.56 Å².